The maximum absolute atomic E-state index is 5.77. The fraction of sp³-hybridized carbons (Fsp3) is 0.273. The summed E-state index contributed by atoms with van der Waals surface area (Å²) in [6, 6.07) is 6.00. The van der Waals surface area contributed by atoms with Crippen LogP contribution in [0.25, 0.3) is 6.08 Å². The minimum absolute atomic E-state index is 0.811. The van der Waals surface area contributed by atoms with Gasteiger partial charge in [0.15, 0.2) is 0 Å². The Labute approximate surface area is 84.4 Å². The van der Waals surface area contributed by atoms with Gasteiger partial charge in [0.1, 0.15) is 0 Å². The lowest BCUT2D eigenvalue weighted by molar-refractivity contribution is 0.382. The number of hydrazine groups is 1. The van der Waals surface area contributed by atoms with Crippen LogP contribution in [0.4, 0.5) is 11.4 Å². The molecular weight excluding hydrogens is 174 g/mol. The molecule has 0 aliphatic carbocycles. The van der Waals surface area contributed by atoms with Crippen LogP contribution in [0, 0.1) is 0 Å². The lowest BCUT2D eigenvalue weighted by Crippen LogP contribution is -2.38. The molecule has 0 saturated carbocycles. The third-order valence-electron chi connectivity index (χ3n) is 2.39. The third-order valence-corrected chi connectivity index (χ3v) is 2.39. The summed E-state index contributed by atoms with van der Waals surface area (Å²) in [4.78, 5) is 0. The van der Waals surface area contributed by atoms with Gasteiger partial charge in [-0.25, -0.2) is 5.01 Å². The number of fused-ring (bicyclic) bond motifs is 1. The molecule has 0 bridgehead atoms. The van der Waals surface area contributed by atoms with Gasteiger partial charge in [-0.15, -0.1) is 0 Å². The molecule has 3 heteroatoms. The highest BCUT2D eigenvalue weighted by Crippen LogP contribution is 2.28. The molecule has 2 N–H and O–H groups in total. The SMILES string of the molecule is CN(C)N1CC=Cc2ccc(N)cc21. The van der Waals surface area contributed by atoms with Crippen molar-refractivity contribution < 1.29 is 0 Å². The fourth-order valence-electron chi connectivity index (χ4n) is 1.68. The first-order valence-electron chi connectivity index (χ1n) is 4.69. The molecule has 0 atom stereocenters. The molecule has 2 rings (SSSR count). The summed E-state index contributed by atoms with van der Waals surface area (Å²) >= 11 is 0. The number of rotatable bonds is 1. The molecule has 0 radical (unpaired) electrons. The van der Waals surface area contributed by atoms with Crippen molar-refractivity contribution in [3.8, 4) is 0 Å². The van der Waals surface area contributed by atoms with Crippen LogP contribution in [0.3, 0.4) is 0 Å². The molecule has 1 aromatic carbocycles. The molecule has 0 aromatic heterocycles. The quantitative estimate of drug-likeness (QED) is 0.681. The van der Waals surface area contributed by atoms with Crippen LogP contribution < -0.4 is 10.7 Å². The topological polar surface area (TPSA) is 32.5 Å². The van der Waals surface area contributed by atoms with Gasteiger partial charge in [-0.2, -0.15) is 0 Å². The summed E-state index contributed by atoms with van der Waals surface area (Å²) in [5, 5.41) is 4.26. The summed E-state index contributed by atoms with van der Waals surface area (Å²) < 4.78 is 0. The van der Waals surface area contributed by atoms with Gasteiger partial charge < -0.3 is 10.7 Å². The van der Waals surface area contributed by atoms with Crippen molar-refractivity contribution in [2.45, 2.75) is 0 Å². The highest BCUT2D eigenvalue weighted by atomic mass is 15.6. The molecule has 0 spiro atoms. The van der Waals surface area contributed by atoms with Gasteiger partial charge in [-0.1, -0.05) is 18.2 Å². The zero-order chi connectivity index (χ0) is 10.1. The molecule has 3 nitrogen and oxygen atoms in total. The molecule has 74 valence electrons. The zero-order valence-corrected chi connectivity index (χ0v) is 8.57. The largest absolute Gasteiger partial charge is 0.399 e. The highest BCUT2D eigenvalue weighted by molar-refractivity contribution is 5.73. The molecule has 1 aromatic rings. The summed E-state index contributed by atoms with van der Waals surface area (Å²) in [7, 11) is 4.07. The lowest BCUT2D eigenvalue weighted by atomic mass is 10.1. The predicted molar refractivity (Wildman–Crippen MR) is 60.9 cm³/mol. The molecule has 0 unspecified atom stereocenters. The van der Waals surface area contributed by atoms with E-state index in [1.807, 2.05) is 26.2 Å². The van der Waals surface area contributed by atoms with E-state index in [0.29, 0.717) is 0 Å². The van der Waals surface area contributed by atoms with E-state index >= 15 is 0 Å². The molecular formula is C11H15N3. The Balaban J connectivity index is 2.47. The van der Waals surface area contributed by atoms with Crippen LogP contribution in [0.15, 0.2) is 24.3 Å². The summed E-state index contributed by atoms with van der Waals surface area (Å²) in [5.74, 6) is 0. The van der Waals surface area contributed by atoms with E-state index in [-0.39, 0.29) is 0 Å². The average molecular weight is 189 g/mol. The minimum Gasteiger partial charge on any atom is -0.399 e. The van der Waals surface area contributed by atoms with E-state index in [2.05, 4.69) is 28.2 Å². The number of nitrogens with zero attached hydrogens (tertiary/aromatic N) is 2. The Morgan fingerprint density at radius 3 is 2.86 bits per heavy atom. The Kier molecular flexibility index (Phi) is 2.17. The minimum atomic E-state index is 0.811. The first-order chi connectivity index (χ1) is 6.68. The first-order valence-corrected chi connectivity index (χ1v) is 4.69. The van der Waals surface area contributed by atoms with Crippen molar-refractivity contribution in [3.63, 3.8) is 0 Å². The standard InChI is InChI=1S/C11H15N3/c1-13(2)14-7-3-4-9-5-6-10(12)8-11(9)14/h3-6,8H,7,12H2,1-2H3. The van der Waals surface area contributed by atoms with Gasteiger partial charge in [0, 0.05) is 19.8 Å². The number of nitrogens with two attached hydrogens (primary N) is 1. The second-order valence-corrected chi connectivity index (χ2v) is 3.65. The number of benzene rings is 1. The molecule has 1 heterocycles. The van der Waals surface area contributed by atoms with Crippen molar-refractivity contribution in [3.05, 3.63) is 29.8 Å². The number of hydrogen-bond donors (Lipinski definition) is 1. The molecule has 1 aliphatic heterocycles. The van der Waals surface area contributed by atoms with Crippen molar-refractivity contribution in [2.24, 2.45) is 0 Å². The van der Waals surface area contributed by atoms with Crippen LogP contribution in [0.1, 0.15) is 5.56 Å². The van der Waals surface area contributed by atoms with Crippen LogP contribution in [-0.2, 0) is 0 Å². The highest BCUT2D eigenvalue weighted by Gasteiger charge is 2.14. The summed E-state index contributed by atoms with van der Waals surface area (Å²) in [6.07, 6.45) is 4.29. The molecule has 0 amide bonds. The van der Waals surface area contributed by atoms with Crippen molar-refractivity contribution in [1.82, 2.24) is 5.01 Å². The van der Waals surface area contributed by atoms with Crippen molar-refractivity contribution >= 4 is 17.5 Å². The van der Waals surface area contributed by atoms with Crippen LogP contribution in [0.2, 0.25) is 0 Å². The maximum atomic E-state index is 5.77. The second-order valence-electron chi connectivity index (χ2n) is 3.65. The Hall–Kier alpha value is -1.48. The van der Waals surface area contributed by atoms with Crippen LogP contribution >= 0.6 is 0 Å². The molecule has 0 saturated heterocycles. The Morgan fingerprint density at radius 1 is 1.36 bits per heavy atom. The molecule has 0 fully saturated rings. The van der Waals surface area contributed by atoms with Crippen molar-refractivity contribution in [1.29, 1.82) is 0 Å². The average Bonchev–Trinajstić information content (AvgIpc) is 2.16. The number of nitrogen functional groups attached to an aromatic ring is 1. The van der Waals surface area contributed by atoms with Gasteiger partial charge in [-0.05, 0) is 17.7 Å². The van der Waals surface area contributed by atoms with Crippen molar-refractivity contribution in [2.75, 3.05) is 31.4 Å². The second kappa shape index (κ2) is 3.35. The molecule has 1 aliphatic rings. The first kappa shape index (κ1) is 9.09. The van der Waals surface area contributed by atoms with E-state index in [1.165, 1.54) is 11.3 Å². The van der Waals surface area contributed by atoms with Gasteiger partial charge in [0.05, 0.1) is 12.2 Å². The van der Waals surface area contributed by atoms with E-state index in [1.54, 1.807) is 0 Å². The van der Waals surface area contributed by atoms with Gasteiger partial charge in [-0.3, -0.25) is 0 Å². The van der Waals surface area contributed by atoms with Crippen LogP contribution in [0.5, 0.6) is 0 Å². The van der Waals surface area contributed by atoms with Gasteiger partial charge in [0.25, 0.3) is 0 Å². The third kappa shape index (κ3) is 1.46. The zero-order valence-electron chi connectivity index (χ0n) is 8.57. The Morgan fingerprint density at radius 2 is 2.14 bits per heavy atom. The summed E-state index contributed by atoms with van der Waals surface area (Å²) in [5.41, 5.74) is 8.99. The monoisotopic (exact) mass is 189 g/mol. The van der Waals surface area contributed by atoms with E-state index in [0.717, 1.165) is 12.2 Å². The number of hydrogen-bond acceptors (Lipinski definition) is 3. The molecule has 14 heavy (non-hydrogen) atoms. The van der Waals surface area contributed by atoms with Crippen LogP contribution in [-0.4, -0.2) is 25.6 Å². The number of anilines is 2. The maximum Gasteiger partial charge on any atom is 0.0618 e. The summed E-state index contributed by atoms with van der Waals surface area (Å²) in [6.45, 7) is 0.906. The van der Waals surface area contributed by atoms with Gasteiger partial charge in [0.2, 0.25) is 0 Å². The van der Waals surface area contributed by atoms with E-state index < -0.39 is 0 Å². The predicted octanol–water partition coefficient (Wildman–Crippen LogP) is 1.58. The van der Waals surface area contributed by atoms with E-state index in [9.17, 15) is 0 Å². The lowest BCUT2D eigenvalue weighted by Gasteiger charge is -2.33. The Bertz CT molecular complexity index is 369. The van der Waals surface area contributed by atoms with E-state index in [4.69, 9.17) is 5.73 Å². The van der Waals surface area contributed by atoms with Gasteiger partial charge >= 0.3 is 0 Å². The normalized spacial score (nSPS) is 14.6. The fourth-order valence-corrected chi connectivity index (χ4v) is 1.68. The smallest absolute Gasteiger partial charge is 0.0618 e.